The van der Waals surface area contributed by atoms with E-state index < -0.39 is 10.0 Å². The van der Waals surface area contributed by atoms with Crippen LogP contribution in [-0.2, 0) is 14.8 Å². The smallest absolute Gasteiger partial charge is 0.221 e. The predicted molar refractivity (Wildman–Crippen MR) is 66.1 cm³/mol. The van der Waals surface area contributed by atoms with Gasteiger partial charge in [0.05, 0.1) is 5.75 Å². The fourth-order valence-electron chi connectivity index (χ4n) is 1.63. The van der Waals surface area contributed by atoms with Gasteiger partial charge in [0, 0.05) is 39.1 Å². The van der Waals surface area contributed by atoms with E-state index in [1.807, 2.05) is 6.92 Å². The minimum absolute atomic E-state index is 0.0479. The van der Waals surface area contributed by atoms with Crippen LogP contribution in [-0.4, -0.2) is 57.1 Å². The van der Waals surface area contributed by atoms with Crippen LogP contribution in [0.4, 0.5) is 0 Å². The van der Waals surface area contributed by atoms with Gasteiger partial charge < -0.3 is 10.6 Å². The summed E-state index contributed by atoms with van der Waals surface area (Å²) in [4.78, 5) is 11.3. The normalized spacial score (nSPS) is 17.9. The molecular weight excluding hydrogens is 242 g/mol. The van der Waals surface area contributed by atoms with Gasteiger partial charge in [0.2, 0.25) is 15.9 Å². The van der Waals surface area contributed by atoms with Gasteiger partial charge >= 0.3 is 0 Å². The molecule has 1 aliphatic heterocycles. The maximum atomic E-state index is 11.9. The molecule has 6 nitrogen and oxygen atoms in total. The summed E-state index contributed by atoms with van der Waals surface area (Å²) in [5, 5.41) is 5.77. The summed E-state index contributed by atoms with van der Waals surface area (Å²) in [5.41, 5.74) is 0. The summed E-state index contributed by atoms with van der Waals surface area (Å²) in [7, 11) is -3.27. The zero-order chi connectivity index (χ0) is 12.7. The number of hydrogen-bond donors (Lipinski definition) is 2. The van der Waals surface area contributed by atoms with Gasteiger partial charge in [-0.25, -0.2) is 8.42 Å². The van der Waals surface area contributed by atoms with Crippen molar-refractivity contribution in [2.24, 2.45) is 0 Å². The van der Waals surface area contributed by atoms with Gasteiger partial charge in [-0.05, 0) is 6.42 Å². The molecule has 100 valence electrons. The largest absolute Gasteiger partial charge is 0.356 e. The highest BCUT2D eigenvalue weighted by atomic mass is 32.2. The van der Waals surface area contributed by atoms with E-state index in [-0.39, 0.29) is 18.1 Å². The fourth-order valence-corrected chi connectivity index (χ4v) is 3.07. The highest BCUT2D eigenvalue weighted by Gasteiger charge is 2.24. The topological polar surface area (TPSA) is 78.5 Å². The maximum absolute atomic E-state index is 11.9. The van der Waals surface area contributed by atoms with Crippen molar-refractivity contribution in [1.82, 2.24) is 14.9 Å². The summed E-state index contributed by atoms with van der Waals surface area (Å²) in [6, 6.07) is 0. The van der Waals surface area contributed by atoms with Crippen molar-refractivity contribution in [3.63, 3.8) is 0 Å². The lowest BCUT2D eigenvalue weighted by Crippen LogP contribution is -2.47. The molecule has 1 amide bonds. The highest BCUT2D eigenvalue weighted by molar-refractivity contribution is 7.89. The Morgan fingerprint density at radius 3 is 2.59 bits per heavy atom. The van der Waals surface area contributed by atoms with Crippen molar-refractivity contribution >= 4 is 15.9 Å². The van der Waals surface area contributed by atoms with E-state index >= 15 is 0 Å². The molecule has 0 radical (unpaired) electrons. The molecule has 0 aliphatic carbocycles. The molecule has 0 aromatic rings. The summed E-state index contributed by atoms with van der Waals surface area (Å²) < 4.78 is 25.2. The minimum atomic E-state index is -3.27. The number of piperazine rings is 1. The molecule has 0 saturated carbocycles. The van der Waals surface area contributed by atoms with Gasteiger partial charge in [-0.3, -0.25) is 4.79 Å². The lowest BCUT2D eigenvalue weighted by atomic mass is 10.4. The number of nitrogens with one attached hydrogen (secondary N) is 2. The number of hydrogen-bond acceptors (Lipinski definition) is 4. The summed E-state index contributed by atoms with van der Waals surface area (Å²) >= 11 is 0. The second kappa shape index (κ2) is 6.93. The molecule has 7 heteroatoms. The molecule has 1 fully saturated rings. The van der Waals surface area contributed by atoms with Crippen molar-refractivity contribution in [3.8, 4) is 0 Å². The van der Waals surface area contributed by atoms with Crippen LogP contribution in [0.5, 0.6) is 0 Å². The van der Waals surface area contributed by atoms with Crippen LogP contribution < -0.4 is 10.6 Å². The number of amides is 1. The SMILES string of the molecule is CCCNC(=O)CCS(=O)(=O)N1CCNCC1. The van der Waals surface area contributed by atoms with Gasteiger partial charge in [-0.2, -0.15) is 4.31 Å². The molecule has 0 spiro atoms. The molecule has 0 bridgehead atoms. The van der Waals surface area contributed by atoms with E-state index in [0.717, 1.165) is 6.42 Å². The Bertz CT molecular complexity index is 337. The van der Waals surface area contributed by atoms with E-state index in [1.54, 1.807) is 0 Å². The summed E-state index contributed by atoms with van der Waals surface area (Å²) in [6.07, 6.45) is 0.905. The molecule has 0 aromatic carbocycles. The lowest BCUT2D eigenvalue weighted by molar-refractivity contribution is -0.120. The van der Waals surface area contributed by atoms with Crippen LogP contribution in [0.2, 0.25) is 0 Å². The molecule has 2 N–H and O–H groups in total. The molecule has 17 heavy (non-hydrogen) atoms. The van der Waals surface area contributed by atoms with Crippen LogP contribution in [0, 0.1) is 0 Å². The lowest BCUT2D eigenvalue weighted by Gasteiger charge is -2.26. The van der Waals surface area contributed by atoms with Crippen LogP contribution in [0.25, 0.3) is 0 Å². The van der Waals surface area contributed by atoms with Crippen LogP contribution >= 0.6 is 0 Å². The monoisotopic (exact) mass is 263 g/mol. The first kappa shape index (κ1) is 14.4. The van der Waals surface area contributed by atoms with E-state index in [0.29, 0.717) is 32.7 Å². The second-order valence-electron chi connectivity index (χ2n) is 4.07. The third kappa shape index (κ3) is 5.01. The molecule has 0 unspecified atom stereocenters. The van der Waals surface area contributed by atoms with Crippen LogP contribution in [0.15, 0.2) is 0 Å². The molecule has 0 aromatic heterocycles. The van der Waals surface area contributed by atoms with Crippen molar-refractivity contribution in [2.75, 3.05) is 38.5 Å². The van der Waals surface area contributed by atoms with E-state index in [1.165, 1.54) is 4.31 Å². The molecular formula is C10H21N3O3S. The Kier molecular flexibility index (Phi) is 5.87. The second-order valence-corrected chi connectivity index (χ2v) is 6.15. The molecule has 1 aliphatic rings. The van der Waals surface area contributed by atoms with Gasteiger partial charge in [-0.1, -0.05) is 6.92 Å². The Balaban J connectivity index is 2.35. The first-order chi connectivity index (χ1) is 8.06. The maximum Gasteiger partial charge on any atom is 0.221 e. The number of carbonyl (C=O) groups is 1. The van der Waals surface area contributed by atoms with Gasteiger partial charge in [0.25, 0.3) is 0 Å². The van der Waals surface area contributed by atoms with Gasteiger partial charge in [0.1, 0.15) is 0 Å². The Morgan fingerprint density at radius 1 is 1.35 bits per heavy atom. The fraction of sp³-hybridized carbons (Fsp3) is 0.900. The zero-order valence-electron chi connectivity index (χ0n) is 10.2. The van der Waals surface area contributed by atoms with E-state index in [9.17, 15) is 13.2 Å². The minimum Gasteiger partial charge on any atom is -0.356 e. The average molecular weight is 263 g/mol. The van der Waals surface area contributed by atoms with Gasteiger partial charge in [0.15, 0.2) is 0 Å². The number of carbonyl (C=O) groups excluding carboxylic acids is 1. The van der Waals surface area contributed by atoms with Crippen molar-refractivity contribution in [3.05, 3.63) is 0 Å². The third-order valence-corrected chi connectivity index (χ3v) is 4.50. The number of nitrogens with zero attached hydrogens (tertiary/aromatic N) is 1. The Morgan fingerprint density at radius 2 is 2.00 bits per heavy atom. The van der Waals surface area contributed by atoms with Crippen LogP contribution in [0.1, 0.15) is 19.8 Å². The van der Waals surface area contributed by atoms with Crippen molar-refractivity contribution < 1.29 is 13.2 Å². The Hall–Kier alpha value is -0.660. The zero-order valence-corrected chi connectivity index (χ0v) is 11.1. The van der Waals surface area contributed by atoms with E-state index in [4.69, 9.17) is 0 Å². The predicted octanol–water partition coefficient (Wildman–Crippen LogP) is -0.862. The molecule has 0 atom stereocenters. The standard InChI is InChI=1S/C10H21N3O3S/c1-2-4-12-10(14)3-9-17(15,16)13-7-5-11-6-8-13/h11H,2-9H2,1H3,(H,12,14). The first-order valence-electron chi connectivity index (χ1n) is 6.01. The quantitative estimate of drug-likeness (QED) is 0.653. The number of sulfonamides is 1. The first-order valence-corrected chi connectivity index (χ1v) is 7.62. The van der Waals surface area contributed by atoms with Crippen molar-refractivity contribution in [1.29, 1.82) is 0 Å². The van der Waals surface area contributed by atoms with Crippen LogP contribution in [0.3, 0.4) is 0 Å². The third-order valence-electron chi connectivity index (χ3n) is 2.63. The summed E-state index contributed by atoms with van der Waals surface area (Å²) in [5.74, 6) is -0.284. The van der Waals surface area contributed by atoms with Crippen molar-refractivity contribution in [2.45, 2.75) is 19.8 Å². The Labute approximate surface area is 103 Å². The average Bonchev–Trinajstić information content (AvgIpc) is 2.35. The highest BCUT2D eigenvalue weighted by Crippen LogP contribution is 2.04. The molecule has 1 rings (SSSR count). The molecule has 1 heterocycles. The van der Waals surface area contributed by atoms with Gasteiger partial charge in [-0.15, -0.1) is 0 Å². The van der Waals surface area contributed by atoms with E-state index in [2.05, 4.69) is 10.6 Å². The number of rotatable bonds is 6. The molecule has 1 saturated heterocycles. The summed E-state index contributed by atoms with van der Waals surface area (Å²) in [6.45, 7) is 4.92.